The third-order valence-electron chi connectivity index (χ3n) is 4.18. The Balaban J connectivity index is 2.46. The molecule has 1 rings (SSSR count). The first-order valence-electron chi connectivity index (χ1n) is 10.1. The summed E-state index contributed by atoms with van der Waals surface area (Å²) in [7, 11) is 2.86. The van der Waals surface area contributed by atoms with E-state index in [-0.39, 0.29) is 18.5 Å². The minimum atomic E-state index is -0.778. The maximum atomic E-state index is 12.5. The van der Waals surface area contributed by atoms with Crippen LogP contribution in [0.25, 0.3) is 0 Å². The highest BCUT2D eigenvalue weighted by Gasteiger charge is 2.24. The zero-order valence-corrected chi connectivity index (χ0v) is 18.6. The van der Waals surface area contributed by atoms with Crippen LogP contribution in [0.3, 0.4) is 0 Å². The number of rotatable bonds is 11. The molecule has 8 heteroatoms. The summed E-state index contributed by atoms with van der Waals surface area (Å²) in [6.07, 6.45) is 2.07. The molecule has 0 saturated carbocycles. The largest absolute Gasteiger partial charge is 0.460 e. The van der Waals surface area contributed by atoms with E-state index in [1.807, 2.05) is 51.1 Å². The van der Waals surface area contributed by atoms with Crippen molar-refractivity contribution in [2.45, 2.75) is 71.1 Å². The number of nitrogens with one attached hydrogen (secondary N) is 1. The quantitative estimate of drug-likeness (QED) is 0.333. The van der Waals surface area contributed by atoms with Gasteiger partial charge in [0.25, 0.3) is 5.91 Å². The zero-order chi connectivity index (χ0) is 22.6. The van der Waals surface area contributed by atoms with Crippen LogP contribution in [-0.2, 0) is 30.5 Å². The first kappa shape index (κ1) is 25.4. The second kappa shape index (κ2) is 12.8. The second-order valence-electron chi connectivity index (χ2n) is 7.96. The third-order valence-corrected chi connectivity index (χ3v) is 4.18. The van der Waals surface area contributed by atoms with Gasteiger partial charge in [-0.2, -0.15) is 0 Å². The van der Waals surface area contributed by atoms with E-state index in [1.165, 1.54) is 14.2 Å². The van der Waals surface area contributed by atoms with Crippen molar-refractivity contribution in [1.29, 1.82) is 0 Å². The Bertz CT molecular complexity index is 672. The number of carbonyl (C=O) groups excluding carboxylic acids is 3. The first-order chi connectivity index (χ1) is 14.1. The molecule has 0 fully saturated rings. The lowest BCUT2D eigenvalue weighted by Crippen LogP contribution is -2.47. The highest BCUT2D eigenvalue weighted by Crippen LogP contribution is 2.13. The average Bonchev–Trinajstić information content (AvgIpc) is 2.69. The van der Waals surface area contributed by atoms with Crippen molar-refractivity contribution in [1.82, 2.24) is 10.4 Å². The average molecular weight is 423 g/mol. The maximum absolute atomic E-state index is 12.5. The Morgan fingerprint density at radius 2 is 1.73 bits per heavy atom. The number of likely N-dealkylation sites (N-methyl/N-ethyl adjacent to an activating group) is 1. The molecule has 0 aromatic heterocycles. The number of amides is 2. The van der Waals surface area contributed by atoms with Gasteiger partial charge in [-0.1, -0.05) is 43.2 Å². The lowest BCUT2D eigenvalue weighted by molar-refractivity contribution is -0.171. The molecule has 1 atom stereocenters. The smallest absolute Gasteiger partial charge is 0.408 e. The van der Waals surface area contributed by atoms with Gasteiger partial charge in [0.05, 0.1) is 7.11 Å². The van der Waals surface area contributed by atoms with Crippen LogP contribution in [0.2, 0.25) is 0 Å². The predicted molar refractivity (Wildman–Crippen MR) is 112 cm³/mol. The standard InChI is InChI=1S/C22H34N2O6/c1-22(2,3)30-19(25)15-11-7-10-14-18(20(26)24(4)28-5)23-21(27)29-16-17-12-8-6-9-13-17/h6,8-9,12-13,18H,7,10-11,14-16H2,1-5H3,(H,23,27). The molecule has 0 aliphatic rings. The number of alkyl carbamates (subject to hydrolysis) is 1. The second-order valence-corrected chi connectivity index (χ2v) is 7.96. The molecule has 0 radical (unpaired) electrons. The van der Waals surface area contributed by atoms with E-state index < -0.39 is 17.7 Å². The van der Waals surface area contributed by atoms with Gasteiger partial charge < -0.3 is 14.8 Å². The number of unbranched alkanes of at least 4 members (excludes halogenated alkanes) is 2. The summed E-state index contributed by atoms with van der Waals surface area (Å²) in [5.41, 5.74) is 0.357. The Morgan fingerprint density at radius 1 is 1.07 bits per heavy atom. The number of esters is 1. The highest BCUT2D eigenvalue weighted by atomic mass is 16.7. The summed E-state index contributed by atoms with van der Waals surface area (Å²) >= 11 is 0. The van der Waals surface area contributed by atoms with Crippen molar-refractivity contribution >= 4 is 18.0 Å². The SMILES string of the molecule is CON(C)C(=O)C(CCCCCC(=O)OC(C)(C)C)NC(=O)OCc1ccccc1. The van der Waals surface area contributed by atoms with Crippen molar-refractivity contribution < 1.29 is 28.7 Å². The van der Waals surface area contributed by atoms with Gasteiger partial charge >= 0.3 is 12.1 Å². The third kappa shape index (κ3) is 10.8. The molecule has 30 heavy (non-hydrogen) atoms. The van der Waals surface area contributed by atoms with E-state index in [0.717, 1.165) is 17.0 Å². The molecule has 0 spiro atoms. The number of nitrogens with zero attached hydrogens (tertiary/aromatic N) is 1. The van der Waals surface area contributed by atoms with Gasteiger partial charge in [-0.15, -0.1) is 0 Å². The normalized spacial score (nSPS) is 12.0. The molecule has 8 nitrogen and oxygen atoms in total. The fraction of sp³-hybridized carbons (Fsp3) is 0.591. The van der Waals surface area contributed by atoms with Gasteiger partial charge in [-0.3, -0.25) is 14.4 Å². The van der Waals surface area contributed by atoms with Crippen molar-refractivity contribution in [3.8, 4) is 0 Å². The minimum Gasteiger partial charge on any atom is -0.460 e. The Labute approximate surface area is 178 Å². The summed E-state index contributed by atoms with van der Waals surface area (Å²) in [5, 5.41) is 3.68. The molecule has 1 aromatic rings. The first-order valence-corrected chi connectivity index (χ1v) is 10.1. The van der Waals surface area contributed by atoms with E-state index in [0.29, 0.717) is 25.7 Å². The molecular weight excluding hydrogens is 388 g/mol. The van der Waals surface area contributed by atoms with Gasteiger partial charge in [0, 0.05) is 13.5 Å². The number of ether oxygens (including phenoxy) is 2. The van der Waals surface area contributed by atoms with Gasteiger partial charge in [0.1, 0.15) is 18.2 Å². The van der Waals surface area contributed by atoms with E-state index in [1.54, 1.807) is 0 Å². The van der Waals surface area contributed by atoms with Crippen LogP contribution >= 0.6 is 0 Å². The van der Waals surface area contributed by atoms with Crippen molar-refractivity contribution in [3.63, 3.8) is 0 Å². The Hall–Kier alpha value is -2.61. The predicted octanol–water partition coefficient (Wildman–Crippen LogP) is 3.59. The molecule has 0 bridgehead atoms. The van der Waals surface area contributed by atoms with Crippen LogP contribution < -0.4 is 5.32 Å². The van der Waals surface area contributed by atoms with Gasteiger partial charge in [0.2, 0.25) is 0 Å². The van der Waals surface area contributed by atoms with Gasteiger partial charge in [-0.05, 0) is 39.2 Å². The van der Waals surface area contributed by atoms with Crippen LogP contribution in [-0.4, -0.2) is 48.8 Å². The molecule has 0 heterocycles. The van der Waals surface area contributed by atoms with E-state index >= 15 is 0 Å². The van der Waals surface area contributed by atoms with Gasteiger partial charge in [-0.25, -0.2) is 9.86 Å². The van der Waals surface area contributed by atoms with E-state index in [2.05, 4.69) is 5.32 Å². The summed E-state index contributed by atoms with van der Waals surface area (Å²) in [6, 6.07) is 8.50. The number of hydrogen-bond donors (Lipinski definition) is 1. The molecule has 1 unspecified atom stereocenters. The van der Waals surface area contributed by atoms with Crippen molar-refractivity contribution in [2.75, 3.05) is 14.2 Å². The van der Waals surface area contributed by atoms with Crippen LogP contribution in [0, 0.1) is 0 Å². The molecule has 168 valence electrons. The van der Waals surface area contributed by atoms with Gasteiger partial charge in [0.15, 0.2) is 0 Å². The van der Waals surface area contributed by atoms with Crippen LogP contribution in [0.5, 0.6) is 0 Å². The molecule has 2 amide bonds. The number of carbonyl (C=O) groups is 3. The maximum Gasteiger partial charge on any atom is 0.408 e. The fourth-order valence-corrected chi connectivity index (χ4v) is 2.66. The topological polar surface area (TPSA) is 94.2 Å². The lowest BCUT2D eigenvalue weighted by atomic mass is 10.1. The molecule has 1 aromatic carbocycles. The summed E-state index contributed by atoms with van der Waals surface area (Å²) in [4.78, 5) is 41.3. The lowest BCUT2D eigenvalue weighted by Gasteiger charge is -2.22. The number of hydrogen-bond acceptors (Lipinski definition) is 6. The van der Waals surface area contributed by atoms with E-state index in [4.69, 9.17) is 14.3 Å². The summed E-state index contributed by atoms with van der Waals surface area (Å²) in [6.45, 7) is 5.60. The Morgan fingerprint density at radius 3 is 2.33 bits per heavy atom. The van der Waals surface area contributed by atoms with Crippen molar-refractivity contribution in [3.05, 3.63) is 35.9 Å². The molecule has 1 N–H and O–H groups in total. The fourth-order valence-electron chi connectivity index (χ4n) is 2.66. The summed E-state index contributed by atoms with van der Waals surface area (Å²) in [5.74, 6) is -0.613. The summed E-state index contributed by atoms with van der Waals surface area (Å²) < 4.78 is 10.5. The molecule has 0 aliphatic heterocycles. The minimum absolute atomic E-state index is 0.115. The van der Waals surface area contributed by atoms with Crippen LogP contribution in [0.1, 0.15) is 58.4 Å². The number of benzene rings is 1. The molecular formula is C22H34N2O6. The zero-order valence-electron chi connectivity index (χ0n) is 18.6. The monoisotopic (exact) mass is 422 g/mol. The molecule has 0 aliphatic carbocycles. The highest BCUT2D eigenvalue weighted by molar-refractivity contribution is 5.84. The number of hydroxylamine groups is 2. The molecule has 0 saturated heterocycles. The van der Waals surface area contributed by atoms with Crippen LogP contribution in [0.15, 0.2) is 30.3 Å². The van der Waals surface area contributed by atoms with Crippen molar-refractivity contribution in [2.24, 2.45) is 0 Å². The van der Waals surface area contributed by atoms with Crippen LogP contribution in [0.4, 0.5) is 4.79 Å². The Kier molecular flexibility index (Phi) is 10.9. The van der Waals surface area contributed by atoms with E-state index in [9.17, 15) is 14.4 Å².